The smallest absolute Gasteiger partial charge is 0.359 e. The molecule has 0 radical (unpaired) electrons. The van der Waals surface area contributed by atoms with Crippen LogP contribution in [0.25, 0.3) is 0 Å². The third-order valence-corrected chi connectivity index (χ3v) is 2.38. The van der Waals surface area contributed by atoms with E-state index in [-0.39, 0.29) is 5.92 Å². The molecule has 0 atom stereocenters. The number of carbonyl (C=O) groups is 1. The summed E-state index contributed by atoms with van der Waals surface area (Å²) in [5, 5.41) is 4.19. The van der Waals surface area contributed by atoms with E-state index >= 15 is 0 Å². The maximum atomic E-state index is 11.7. The number of aryl methyl sites for hydroxylation is 1. The summed E-state index contributed by atoms with van der Waals surface area (Å²) in [6, 6.07) is 0. The van der Waals surface area contributed by atoms with E-state index in [9.17, 15) is 4.79 Å². The van der Waals surface area contributed by atoms with Crippen molar-refractivity contribution in [1.29, 1.82) is 0 Å². The fraction of sp³-hybridized carbons (Fsp3) is 0.636. The Hall–Kier alpha value is -1.52. The third kappa shape index (κ3) is 2.18. The van der Waals surface area contributed by atoms with Crippen LogP contribution >= 0.6 is 0 Å². The van der Waals surface area contributed by atoms with E-state index < -0.39 is 5.97 Å². The van der Waals surface area contributed by atoms with Gasteiger partial charge in [-0.15, -0.1) is 0 Å². The maximum Gasteiger partial charge on any atom is 0.359 e. The lowest BCUT2D eigenvalue weighted by atomic mass is 10.0. The van der Waals surface area contributed by atoms with Crippen molar-refractivity contribution >= 4 is 11.8 Å². The van der Waals surface area contributed by atoms with Gasteiger partial charge < -0.3 is 10.5 Å². The topological polar surface area (TPSA) is 70.1 Å². The van der Waals surface area contributed by atoms with Gasteiger partial charge >= 0.3 is 5.97 Å². The zero-order valence-corrected chi connectivity index (χ0v) is 10.3. The summed E-state index contributed by atoms with van der Waals surface area (Å²) >= 11 is 0. The molecule has 0 aliphatic heterocycles. The zero-order valence-electron chi connectivity index (χ0n) is 10.3. The van der Waals surface area contributed by atoms with Crippen LogP contribution in [0.1, 0.15) is 49.7 Å². The number of hydrogen-bond acceptors (Lipinski definition) is 4. The minimum Gasteiger partial charge on any atom is -0.461 e. The van der Waals surface area contributed by atoms with Gasteiger partial charge in [0.2, 0.25) is 0 Å². The molecule has 0 aliphatic carbocycles. The van der Waals surface area contributed by atoms with Crippen molar-refractivity contribution in [2.24, 2.45) is 0 Å². The van der Waals surface area contributed by atoms with E-state index in [0.29, 0.717) is 24.7 Å². The highest BCUT2D eigenvalue weighted by atomic mass is 16.5. The molecule has 0 aliphatic rings. The van der Waals surface area contributed by atoms with E-state index in [0.717, 1.165) is 5.56 Å². The molecule has 0 bridgehead atoms. The molecule has 0 unspecified atom stereocenters. The molecule has 0 fully saturated rings. The summed E-state index contributed by atoms with van der Waals surface area (Å²) in [4.78, 5) is 11.7. The van der Waals surface area contributed by atoms with Crippen molar-refractivity contribution in [3.05, 3.63) is 11.3 Å². The maximum absolute atomic E-state index is 11.7. The molecule has 0 saturated carbocycles. The number of nitrogen functional groups attached to an aromatic ring is 1. The molecule has 1 aromatic rings. The molecule has 0 aromatic carbocycles. The Morgan fingerprint density at radius 3 is 2.56 bits per heavy atom. The van der Waals surface area contributed by atoms with Crippen molar-refractivity contribution in [3.63, 3.8) is 0 Å². The molecule has 16 heavy (non-hydrogen) atoms. The second-order valence-electron chi connectivity index (χ2n) is 3.84. The van der Waals surface area contributed by atoms with Crippen molar-refractivity contribution < 1.29 is 9.53 Å². The predicted octanol–water partition coefficient (Wildman–Crippen LogP) is 1.79. The van der Waals surface area contributed by atoms with Crippen LogP contribution in [0.4, 0.5) is 5.82 Å². The first-order valence-electron chi connectivity index (χ1n) is 5.56. The molecule has 90 valence electrons. The largest absolute Gasteiger partial charge is 0.461 e. The lowest BCUT2D eigenvalue weighted by Crippen LogP contribution is -2.09. The Morgan fingerprint density at radius 1 is 1.50 bits per heavy atom. The summed E-state index contributed by atoms with van der Waals surface area (Å²) in [6.07, 6.45) is 0. The van der Waals surface area contributed by atoms with Gasteiger partial charge in [0.05, 0.1) is 6.61 Å². The Bertz CT molecular complexity index is 383. The van der Waals surface area contributed by atoms with Crippen LogP contribution in [-0.4, -0.2) is 22.4 Å². The minimum absolute atomic E-state index is 0.153. The van der Waals surface area contributed by atoms with Gasteiger partial charge in [0.25, 0.3) is 0 Å². The number of rotatable bonds is 4. The number of hydrogen-bond donors (Lipinski definition) is 1. The molecule has 0 saturated heterocycles. The molecule has 1 heterocycles. The third-order valence-electron chi connectivity index (χ3n) is 2.38. The average molecular weight is 225 g/mol. The van der Waals surface area contributed by atoms with Crippen LogP contribution in [0.2, 0.25) is 0 Å². The molecule has 1 aromatic heterocycles. The second kappa shape index (κ2) is 5.01. The van der Waals surface area contributed by atoms with Gasteiger partial charge in [-0.3, -0.25) is 0 Å². The number of esters is 1. The molecule has 5 nitrogen and oxygen atoms in total. The van der Waals surface area contributed by atoms with Crippen molar-refractivity contribution in [1.82, 2.24) is 9.78 Å². The predicted molar refractivity (Wildman–Crippen MR) is 62.4 cm³/mol. The summed E-state index contributed by atoms with van der Waals surface area (Å²) in [5.41, 5.74) is 7.06. The number of nitrogens with two attached hydrogens (primary N) is 1. The van der Waals surface area contributed by atoms with Gasteiger partial charge in [-0.2, -0.15) is 5.10 Å². The van der Waals surface area contributed by atoms with E-state index in [1.807, 2.05) is 20.8 Å². The molecule has 1 rings (SSSR count). The summed E-state index contributed by atoms with van der Waals surface area (Å²) in [7, 11) is 0. The van der Waals surface area contributed by atoms with Gasteiger partial charge in [-0.1, -0.05) is 13.8 Å². The second-order valence-corrected chi connectivity index (χ2v) is 3.84. The summed E-state index contributed by atoms with van der Waals surface area (Å²) in [5.74, 6) is 0.311. The first-order chi connectivity index (χ1) is 7.52. The van der Waals surface area contributed by atoms with Gasteiger partial charge in [-0.25, -0.2) is 9.48 Å². The Morgan fingerprint density at radius 2 is 2.12 bits per heavy atom. The number of aromatic nitrogens is 2. The standard InChI is InChI=1S/C11H19N3O2/c1-5-14-10(12)8(7(3)4)9(13-14)11(15)16-6-2/h7H,5-6,12H2,1-4H3. The number of carbonyl (C=O) groups excluding carboxylic acids is 1. The first-order valence-corrected chi connectivity index (χ1v) is 5.56. The Kier molecular flexibility index (Phi) is 3.93. The first kappa shape index (κ1) is 12.5. The van der Waals surface area contributed by atoms with Crippen LogP contribution in [0.15, 0.2) is 0 Å². The van der Waals surface area contributed by atoms with Gasteiger partial charge in [-0.05, 0) is 19.8 Å². The van der Waals surface area contributed by atoms with Crippen LogP contribution in [-0.2, 0) is 11.3 Å². The average Bonchev–Trinajstić information content (AvgIpc) is 2.55. The number of ether oxygens (including phenoxy) is 1. The van der Waals surface area contributed by atoms with Crippen molar-refractivity contribution in [3.8, 4) is 0 Å². The lowest BCUT2D eigenvalue weighted by Gasteiger charge is -2.06. The highest BCUT2D eigenvalue weighted by Crippen LogP contribution is 2.26. The van der Waals surface area contributed by atoms with Gasteiger partial charge in [0.15, 0.2) is 5.69 Å². The molecule has 5 heteroatoms. The molecule has 2 N–H and O–H groups in total. The lowest BCUT2D eigenvalue weighted by molar-refractivity contribution is 0.0516. The van der Waals surface area contributed by atoms with Gasteiger partial charge in [0.1, 0.15) is 5.82 Å². The monoisotopic (exact) mass is 225 g/mol. The molecular formula is C11H19N3O2. The summed E-state index contributed by atoms with van der Waals surface area (Å²) < 4.78 is 6.59. The van der Waals surface area contributed by atoms with Crippen LogP contribution in [0.3, 0.4) is 0 Å². The van der Waals surface area contributed by atoms with E-state index in [1.165, 1.54) is 0 Å². The van der Waals surface area contributed by atoms with Crippen molar-refractivity contribution in [2.75, 3.05) is 12.3 Å². The van der Waals surface area contributed by atoms with E-state index in [1.54, 1.807) is 11.6 Å². The van der Waals surface area contributed by atoms with E-state index in [2.05, 4.69) is 5.10 Å². The molecule has 0 spiro atoms. The van der Waals surface area contributed by atoms with Crippen LogP contribution in [0.5, 0.6) is 0 Å². The van der Waals surface area contributed by atoms with Crippen LogP contribution in [0, 0.1) is 0 Å². The Balaban J connectivity index is 3.21. The van der Waals surface area contributed by atoms with Gasteiger partial charge in [0, 0.05) is 12.1 Å². The fourth-order valence-electron chi connectivity index (χ4n) is 1.65. The Labute approximate surface area is 95.6 Å². The fourth-order valence-corrected chi connectivity index (χ4v) is 1.65. The number of nitrogens with zero attached hydrogens (tertiary/aromatic N) is 2. The molecule has 0 amide bonds. The summed E-state index contributed by atoms with van der Waals surface area (Å²) in [6.45, 7) is 8.65. The quantitative estimate of drug-likeness (QED) is 0.793. The SMILES string of the molecule is CCOC(=O)c1nn(CC)c(N)c1C(C)C. The van der Waals surface area contributed by atoms with Crippen molar-refractivity contribution in [2.45, 2.75) is 40.2 Å². The number of anilines is 1. The minimum atomic E-state index is -0.398. The normalized spacial score (nSPS) is 10.8. The van der Waals surface area contributed by atoms with Crippen LogP contribution < -0.4 is 5.73 Å². The zero-order chi connectivity index (χ0) is 12.3. The molecular weight excluding hydrogens is 206 g/mol. The van der Waals surface area contributed by atoms with E-state index in [4.69, 9.17) is 10.5 Å². The highest BCUT2D eigenvalue weighted by Gasteiger charge is 2.23. The highest BCUT2D eigenvalue weighted by molar-refractivity contribution is 5.90.